The summed E-state index contributed by atoms with van der Waals surface area (Å²) < 4.78 is 5.15. The Morgan fingerprint density at radius 2 is 2.06 bits per heavy atom. The first kappa shape index (κ1) is 12.3. The zero-order valence-electron chi connectivity index (χ0n) is 9.89. The fraction of sp³-hybridized carbons (Fsp3) is 0.818. The number of nitrogens with zero attached hydrogens (tertiary/aromatic N) is 1. The number of carboxylic acids is 1. The zero-order chi connectivity index (χ0) is 12.6. The third-order valence-electron chi connectivity index (χ3n) is 3.86. The van der Waals surface area contributed by atoms with Crippen LogP contribution < -0.4 is 5.73 Å². The summed E-state index contributed by atoms with van der Waals surface area (Å²) in [6, 6.07) is -0.402. The first-order valence-electron chi connectivity index (χ1n) is 5.82. The standard InChI is InChI=1S/C11H18N2O4/c1-13(10(16)11(12)3-2-4-11)8-6-17-5-7(8)9(14)15/h7-8H,2-6,12H2,1H3,(H,14,15). The van der Waals surface area contributed by atoms with Crippen LogP contribution in [0.2, 0.25) is 0 Å². The average molecular weight is 242 g/mol. The number of hydrogen-bond acceptors (Lipinski definition) is 4. The summed E-state index contributed by atoms with van der Waals surface area (Å²) in [7, 11) is 1.62. The van der Waals surface area contributed by atoms with Crippen LogP contribution in [0.15, 0.2) is 0 Å². The molecular formula is C11H18N2O4. The smallest absolute Gasteiger partial charge is 0.311 e. The maximum absolute atomic E-state index is 12.2. The molecular weight excluding hydrogens is 224 g/mol. The molecule has 0 radical (unpaired) electrons. The van der Waals surface area contributed by atoms with Crippen LogP contribution in [0.3, 0.4) is 0 Å². The average Bonchev–Trinajstić information content (AvgIpc) is 2.72. The van der Waals surface area contributed by atoms with Crippen molar-refractivity contribution < 1.29 is 19.4 Å². The van der Waals surface area contributed by atoms with Gasteiger partial charge in [0.05, 0.1) is 24.8 Å². The number of amides is 1. The molecule has 6 nitrogen and oxygen atoms in total. The molecule has 1 amide bonds. The molecule has 96 valence electrons. The highest BCUT2D eigenvalue weighted by molar-refractivity contribution is 5.87. The molecule has 1 aliphatic carbocycles. The first-order valence-corrected chi connectivity index (χ1v) is 5.82. The molecule has 1 saturated heterocycles. The molecule has 0 spiro atoms. The second-order valence-electron chi connectivity index (χ2n) is 4.98. The van der Waals surface area contributed by atoms with Crippen molar-refractivity contribution in [2.45, 2.75) is 30.8 Å². The molecule has 1 aliphatic heterocycles. The Morgan fingerprint density at radius 1 is 1.41 bits per heavy atom. The van der Waals surface area contributed by atoms with Gasteiger partial charge in [0.1, 0.15) is 5.92 Å². The van der Waals surface area contributed by atoms with Gasteiger partial charge in [-0.05, 0) is 19.3 Å². The van der Waals surface area contributed by atoms with Crippen molar-refractivity contribution in [1.82, 2.24) is 4.90 Å². The molecule has 2 unspecified atom stereocenters. The highest BCUT2D eigenvalue weighted by Crippen LogP contribution is 2.32. The van der Waals surface area contributed by atoms with E-state index in [0.29, 0.717) is 12.8 Å². The molecule has 3 N–H and O–H groups in total. The molecule has 0 bridgehead atoms. The number of aliphatic carboxylic acids is 1. The van der Waals surface area contributed by atoms with Crippen molar-refractivity contribution in [1.29, 1.82) is 0 Å². The van der Waals surface area contributed by atoms with Crippen molar-refractivity contribution in [3.8, 4) is 0 Å². The Bertz CT molecular complexity index is 340. The predicted octanol–water partition coefficient (Wildman–Crippen LogP) is -0.574. The molecule has 2 fully saturated rings. The van der Waals surface area contributed by atoms with E-state index in [9.17, 15) is 9.59 Å². The zero-order valence-corrected chi connectivity index (χ0v) is 9.89. The summed E-state index contributed by atoms with van der Waals surface area (Å²) in [5.41, 5.74) is 5.18. The van der Waals surface area contributed by atoms with Gasteiger partial charge in [-0.3, -0.25) is 9.59 Å². The molecule has 1 heterocycles. The molecule has 1 saturated carbocycles. The molecule has 0 aromatic carbocycles. The van der Waals surface area contributed by atoms with Crippen molar-refractivity contribution in [2.75, 3.05) is 20.3 Å². The van der Waals surface area contributed by atoms with E-state index in [2.05, 4.69) is 0 Å². The van der Waals surface area contributed by atoms with Crippen molar-refractivity contribution in [2.24, 2.45) is 11.7 Å². The number of nitrogens with two attached hydrogens (primary N) is 1. The molecule has 0 aromatic heterocycles. The van der Waals surface area contributed by atoms with Crippen LogP contribution in [0.25, 0.3) is 0 Å². The number of ether oxygens (including phenoxy) is 1. The van der Waals surface area contributed by atoms with E-state index >= 15 is 0 Å². The number of carbonyl (C=O) groups excluding carboxylic acids is 1. The van der Waals surface area contributed by atoms with Crippen molar-refractivity contribution >= 4 is 11.9 Å². The number of hydrogen-bond donors (Lipinski definition) is 2. The van der Waals surface area contributed by atoms with E-state index in [1.807, 2.05) is 0 Å². The van der Waals surface area contributed by atoms with Gasteiger partial charge in [0.15, 0.2) is 0 Å². The van der Waals surface area contributed by atoms with E-state index in [-0.39, 0.29) is 19.1 Å². The first-order chi connectivity index (χ1) is 7.96. The van der Waals surface area contributed by atoms with Gasteiger partial charge < -0.3 is 20.5 Å². The monoisotopic (exact) mass is 242 g/mol. The van der Waals surface area contributed by atoms with Gasteiger partial charge >= 0.3 is 5.97 Å². The minimum absolute atomic E-state index is 0.162. The van der Waals surface area contributed by atoms with Gasteiger partial charge in [0, 0.05) is 7.05 Å². The van der Waals surface area contributed by atoms with E-state index in [1.54, 1.807) is 7.05 Å². The van der Waals surface area contributed by atoms with Crippen LogP contribution in [0.5, 0.6) is 0 Å². The molecule has 0 aromatic rings. The van der Waals surface area contributed by atoms with Crippen LogP contribution in [0.1, 0.15) is 19.3 Å². The van der Waals surface area contributed by atoms with Crippen LogP contribution in [0, 0.1) is 5.92 Å². The largest absolute Gasteiger partial charge is 0.481 e. The van der Waals surface area contributed by atoms with Crippen LogP contribution in [0.4, 0.5) is 0 Å². The van der Waals surface area contributed by atoms with Gasteiger partial charge in [-0.25, -0.2) is 0 Å². The summed E-state index contributed by atoms with van der Waals surface area (Å²) in [5, 5.41) is 9.04. The number of rotatable bonds is 3. The third-order valence-corrected chi connectivity index (χ3v) is 3.86. The maximum atomic E-state index is 12.2. The fourth-order valence-electron chi connectivity index (χ4n) is 2.43. The highest BCUT2D eigenvalue weighted by Gasteiger charge is 2.46. The second-order valence-corrected chi connectivity index (χ2v) is 4.98. The van der Waals surface area contributed by atoms with Crippen LogP contribution in [-0.2, 0) is 14.3 Å². The lowest BCUT2D eigenvalue weighted by Crippen LogP contribution is -2.61. The van der Waals surface area contributed by atoms with E-state index in [0.717, 1.165) is 6.42 Å². The predicted molar refractivity (Wildman–Crippen MR) is 59.3 cm³/mol. The number of carbonyl (C=O) groups is 2. The van der Waals surface area contributed by atoms with E-state index in [4.69, 9.17) is 15.6 Å². The van der Waals surface area contributed by atoms with Gasteiger partial charge in [-0.2, -0.15) is 0 Å². The molecule has 6 heteroatoms. The van der Waals surface area contributed by atoms with Crippen LogP contribution >= 0.6 is 0 Å². The van der Waals surface area contributed by atoms with Crippen molar-refractivity contribution in [3.05, 3.63) is 0 Å². The number of likely N-dealkylation sites (N-methyl/N-ethyl adjacent to an activating group) is 1. The van der Waals surface area contributed by atoms with Crippen molar-refractivity contribution in [3.63, 3.8) is 0 Å². The summed E-state index contributed by atoms with van der Waals surface area (Å²) in [4.78, 5) is 24.6. The molecule has 2 aliphatic rings. The number of carboxylic acid groups (broad SMARTS) is 1. The summed E-state index contributed by atoms with van der Waals surface area (Å²) in [5.74, 6) is -1.73. The Balaban J connectivity index is 2.06. The van der Waals surface area contributed by atoms with Gasteiger partial charge in [-0.1, -0.05) is 0 Å². The lowest BCUT2D eigenvalue weighted by molar-refractivity contribution is -0.147. The fourth-order valence-corrected chi connectivity index (χ4v) is 2.43. The van der Waals surface area contributed by atoms with E-state index in [1.165, 1.54) is 4.90 Å². The quantitative estimate of drug-likeness (QED) is 0.691. The summed E-state index contributed by atoms with van der Waals surface area (Å²) in [6.07, 6.45) is 2.32. The lowest BCUT2D eigenvalue weighted by atomic mass is 9.76. The van der Waals surface area contributed by atoms with E-state index < -0.39 is 23.5 Å². The minimum atomic E-state index is -0.924. The van der Waals surface area contributed by atoms with Gasteiger partial charge in [-0.15, -0.1) is 0 Å². The second kappa shape index (κ2) is 4.27. The summed E-state index contributed by atoms with van der Waals surface area (Å²) >= 11 is 0. The van der Waals surface area contributed by atoms with Gasteiger partial charge in [0.25, 0.3) is 0 Å². The molecule has 2 rings (SSSR count). The Kier molecular flexibility index (Phi) is 3.09. The molecule has 17 heavy (non-hydrogen) atoms. The topological polar surface area (TPSA) is 92.9 Å². The van der Waals surface area contributed by atoms with Gasteiger partial charge in [0.2, 0.25) is 5.91 Å². The highest BCUT2D eigenvalue weighted by atomic mass is 16.5. The lowest BCUT2D eigenvalue weighted by Gasteiger charge is -2.41. The van der Waals surface area contributed by atoms with Crippen LogP contribution in [-0.4, -0.2) is 53.7 Å². The SMILES string of the molecule is CN(C(=O)C1(N)CCC1)C1COCC1C(=O)O. The Labute approximate surface area is 99.7 Å². The third kappa shape index (κ3) is 2.02. The molecule has 2 atom stereocenters. The maximum Gasteiger partial charge on any atom is 0.311 e. The minimum Gasteiger partial charge on any atom is -0.481 e. The Hall–Kier alpha value is -1.14. The summed E-state index contributed by atoms with van der Waals surface area (Å²) in [6.45, 7) is 0.435. The normalized spacial score (nSPS) is 30.7. The Morgan fingerprint density at radius 3 is 2.53 bits per heavy atom.